The molecule has 3 N–H and O–H groups in total. The van der Waals surface area contributed by atoms with Gasteiger partial charge in [0.05, 0.1) is 36.2 Å². The Morgan fingerprint density at radius 2 is 1.82 bits per heavy atom. The molecule has 0 aliphatic heterocycles. The normalized spacial score (nSPS) is 13.0. The first-order chi connectivity index (χ1) is 19.1. The molecule has 1 heterocycles. The SMILES string of the molecule is CNC(=O)c1c(-c2ccc(F)cc2)oc2cc(CN(c3cc(F)c(N)c(C(=O)OC)c3)[SH](=O)=O)c(C3CC3)cc12. The molecule has 9 nitrogen and oxygen atoms in total. The monoisotopic (exact) mass is 569 g/mol. The number of methoxy groups -OCH3 is 1. The van der Waals surface area contributed by atoms with Crippen molar-refractivity contribution in [2.75, 3.05) is 24.2 Å². The number of amides is 1. The van der Waals surface area contributed by atoms with E-state index in [9.17, 15) is 26.8 Å². The molecule has 40 heavy (non-hydrogen) atoms. The van der Waals surface area contributed by atoms with Crippen molar-refractivity contribution in [2.45, 2.75) is 25.3 Å². The lowest BCUT2D eigenvalue weighted by molar-refractivity contribution is 0.0601. The Kier molecular flexibility index (Phi) is 7.19. The van der Waals surface area contributed by atoms with E-state index in [2.05, 4.69) is 10.1 Å². The summed E-state index contributed by atoms with van der Waals surface area (Å²) < 4.78 is 64.7. The molecule has 12 heteroatoms. The number of ether oxygens (including phenoxy) is 1. The van der Waals surface area contributed by atoms with Gasteiger partial charge in [0.2, 0.25) is 10.9 Å². The molecule has 1 aliphatic carbocycles. The third-order valence-electron chi connectivity index (χ3n) is 6.86. The summed E-state index contributed by atoms with van der Waals surface area (Å²) in [5, 5.41) is 3.13. The van der Waals surface area contributed by atoms with Crippen molar-refractivity contribution in [1.82, 2.24) is 5.32 Å². The lowest BCUT2D eigenvalue weighted by atomic mass is 9.97. The van der Waals surface area contributed by atoms with E-state index in [1.54, 1.807) is 6.07 Å². The number of anilines is 2. The maximum atomic E-state index is 14.6. The Hall–Kier alpha value is -4.45. The molecule has 0 atom stereocenters. The number of rotatable bonds is 8. The van der Waals surface area contributed by atoms with Gasteiger partial charge in [-0.2, -0.15) is 0 Å². The molecule has 5 rings (SSSR count). The number of benzene rings is 3. The molecule has 0 radical (unpaired) electrons. The fourth-order valence-corrected chi connectivity index (χ4v) is 5.28. The van der Waals surface area contributed by atoms with Crippen LogP contribution in [-0.2, 0) is 22.2 Å². The Bertz CT molecular complexity index is 1720. The number of carbonyl (C=O) groups is 2. The van der Waals surface area contributed by atoms with Crippen LogP contribution in [0.5, 0.6) is 0 Å². The van der Waals surface area contributed by atoms with Crippen LogP contribution in [0, 0.1) is 11.6 Å². The maximum absolute atomic E-state index is 14.6. The van der Waals surface area contributed by atoms with E-state index >= 15 is 0 Å². The number of carbonyl (C=O) groups excluding carboxylic acids is 2. The standard InChI is InChI=1S/C28H25F2N3O6S/c1-32-27(34)24-20-12-19(14-3-4-14)16(9-23(20)39-26(24)15-5-7-17(29)8-6-15)13-33(40(36)37)18-10-21(28(35)38-2)25(31)22(30)11-18/h5-12,14,40H,3-4,13,31H2,1-2H3,(H,32,34). The van der Waals surface area contributed by atoms with E-state index in [-0.39, 0.29) is 35.0 Å². The van der Waals surface area contributed by atoms with E-state index < -0.39 is 40.1 Å². The van der Waals surface area contributed by atoms with Gasteiger partial charge in [-0.25, -0.2) is 22.0 Å². The molecule has 1 aromatic heterocycles. The molecule has 0 unspecified atom stereocenters. The lowest BCUT2D eigenvalue weighted by Gasteiger charge is -2.21. The van der Waals surface area contributed by atoms with Crippen LogP contribution in [0.3, 0.4) is 0 Å². The first-order valence-corrected chi connectivity index (χ1v) is 13.4. The van der Waals surface area contributed by atoms with Gasteiger partial charge in [0, 0.05) is 24.1 Å². The summed E-state index contributed by atoms with van der Waals surface area (Å²) in [4.78, 5) is 25.1. The highest BCUT2D eigenvalue weighted by atomic mass is 32.2. The summed E-state index contributed by atoms with van der Waals surface area (Å²) in [6, 6.07) is 11.1. The number of fused-ring (bicyclic) bond motifs is 1. The van der Waals surface area contributed by atoms with Crippen molar-refractivity contribution in [2.24, 2.45) is 0 Å². The second-order valence-corrected chi connectivity index (χ2v) is 10.3. The molecule has 0 bridgehead atoms. The zero-order valence-corrected chi connectivity index (χ0v) is 22.4. The van der Waals surface area contributed by atoms with Crippen molar-refractivity contribution in [3.63, 3.8) is 0 Å². The summed E-state index contributed by atoms with van der Waals surface area (Å²) in [6.07, 6.45) is 1.73. The van der Waals surface area contributed by atoms with Crippen LogP contribution >= 0.6 is 0 Å². The molecule has 3 aromatic carbocycles. The predicted octanol–water partition coefficient (Wildman–Crippen LogP) is 4.52. The lowest BCUT2D eigenvalue weighted by Crippen LogP contribution is -2.22. The van der Waals surface area contributed by atoms with Crippen LogP contribution in [-0.4, -0.2) is 34.5 Å². The summed E-state index contributed by atoms with van der Waals surface area (Å²) in [7, 11) is -0.694. The zero-order valence-electron chi connectivity index (χ0n) is 21.5. The van der Waals surface area contributed by atoms with Gasteiger partial charge < -0.3 is 20.2 Å². The maximum Gasteiger partial charge on any atom is 0.340 e. The number of nitrogens with zero attached hydrogens (tertiary/aromatic N) is 1. The van der Waals surface area contributed by atoms with Crippen molar-refractivity contribution >= 4 is 45.1 Å². The number of furan rings is 1. The van der Waals surface area contributed by atoms with Crippen molar-refractivity contribution in [1.29, 1.82) is 0 Å². The molecule has 4 aromatic rings. The second kappa shape index (κ2) is 10.6. The van der Waals surface area contributed by atoms with Crippen LogP contribution in [0.2, 0.25) is 0 Å². The summed E-state index contributed by atoms with van der Waals surface area (Å²) >= 11 is 0. The fourth-order valence-electron chi connectivity index (χ4n) is 4.70. The number of nitrogens with one attached hydrogen (secondary N) is 1. The predicted molar refractivity (Wildman–Crippen MR) is 146 cm³/mol. The minimum Gasteiger partial charge on any atom is -0.465 e. The van der Waals surface area contributed by atoms with Gasteiger partial charge in [0.15, 0.2) is 0 Å². The average Bonchev–Trinajstić information content (AvgIpc) is 3.72. The van der Waals surface area contributed by atoms with Gasteiger partial charge in [-0.1, -0.05) is 0 Å². The van der Waals surface area contributed by atoms with Gasteiger partial charge >= 0.3 is 5.97 Å². The van der Waals surface area contributed by atoms with E-state index in [0.29, 0.717) is 22.1 Å². The molecular weight excluding hydrogens is 544 g/mol. The second-order valence-electron chi connectivity index (χ2n) is 9.39. The topological polar surface area (TPSA) is 132 Å². The zero-order chi connectivity index (χ0) is 28.7. The number of nitrogen functional groups attached to an aromatic ring is 1. The molecule has 1 amide bonds. The molecule has 1 fully saturated rings. The Morgan fingerprint density at radius 3 is 2.42 bits per heavy atom. The fraction of sp³-hybridized carbons (Fsp3) is 0.214. The average molecular weight is 570 g/mol. The van der Waals surface area contributed by atoms with Crippen molar-refractivity contribution < 1.29 is 35.9 Å². The molecule has 0 saturated heterocycles. The van der Waals surface area contributed by atoms with E-state index in [1.807, 2.05) is 6.07 Å². The minimum atomic E-state index is -3.29. The molecule has 208 valence electrons. The van der Waals surface area contributed by atoms with Gasteiger partial charge in [-0.3, -0.25) is 9.10 Å². The van der Waals surface area contributed by atoms with E-state index in [1.165, 1.54) is 31.3 Å². The third-order valence-corrected chi connectivity index (χ3v) is 7.63. The number of hydrogen-bond donors (Lipinski definition) is 3. The summed E-state index contributed by atoms with van der Waals surface area (Å²) in [5.74, 6) is -2.36. The molecule has 1 saturated carbocycles. The highest BCUT2D eigenvalue weighted by Gasteiger charge is 2.31. The quantitative estimate of drug-likeness (QED) is 0.162. The number of halogens is 2. The summed E-state index contributed by atoms with van der Waals surface area (Å²) in [5.41, 5.74) is 7.29. The first-order valence-electron chi connectivity index (χ1n) is 12.3. The minimum absolute atomic E-state index is 0.109. The highest BCUT2D eigenvalue weighted by molar-refractivity contribution is 7.74. The molecular formula is C28H25F2N3O6S. The van der Waals surface area contributed by atoms with Crippen LogP contribution < -0.4 is 15.4 Å². The number of hydrogen-bond acceptors (Lipinski definition) is 7. The van der Waals surface area contributed by atoms with Gasteiger partial charge in [-0.15, -0.1) is 0 Å². The van der Waals surface area contributed by atoms with Crippen LogP contribution in [0.15, 0.2) is 52.9 Å². The number of esters is 1. The Balaban J connectivity index is 1.66. The van der Waals surface area contributed by atoms with E-state index in [0.717, 1.165) is 42.0 Å². The van der Waals surface area contributed by atoms with Crippen LogP contribution in [0.1, 0.15) is 50.6 Å². The first kappa shape index (κ1) is 27.1. The van der Waals surface area contributed by atoms with Crippen LogP contribution in [0.25, 0.3) is 22.3 Å². The van der Waals surface area contributed by atoms with Crippen molar-refractivity contribution in [3.05, 3.63) is 82.4 Å². The Labute approximate surface area is 229 Å². The smallest absolute Gasteiger partial charge is 0.340 e. The van der Waals surface area contributed by atoms with Gasteiger partial charge in [0.25, 0.3) is 5.91 Å². The molecule has 0 spiro atoms. The summed E-state index contributed by atoms with van der Waals surface area (Å²) in [6.45, 7) is -0.202. The highest BCUT2D eigenvalue weighted by Crippen LogP contribution is 2.45. The largest absolute Gasteiger partial charge is 0.465 e. The van der Waals surface area contributed by atoms with Gasteiger partial charge in [0.1, 0.15) is 23.0 Å². The molecule has 1 aliphatic rings. The van der Waals surface area contributed by atoms with Crippen LogP contribution in [0.4, 0.5) is 20.2 Å². The third kappa shape index (κ3) is 4.97. The number of nitrogens with two attached hydrogens (primary N) is 1. The van der Waals surface area contributed by atoms with Crippen molar-refractivity contribution in [3.8, 4) is 11.3 Å². The Morgan fingerprint density at radius 1 is 1.12 bits per heavy atom. The van der Waals surface area contributed by atoms with E-state index in [4.69, 9.17) is 10.2 Å². The van der Waals surface area contributed by atoms with Gasteiger partial charge in [-0.05, 0) is 72.4 Å². The number of thiol groups is 1.